The molecular weight excluding hydrogens is 366 g/mol. The quantitative estimate of drug-likeness (QED) is 0.494. The Morgan fingerprint density at radius 1 is 0.909 bits per heavy atom. The first-order valence-corrected chi connectivity index (χ1v) is 9.42. The number of halogens is 2. The van der Waals surface area contributed by atoms with Crippen LogP contribution in [0.4, 0.5) is 0 Å². The van der Waals surface area contributed by atoms with Crippen molar-refractivity contribution in [3.63, 3.8) is 0 Å². The van der Waals surface area contributed by atoms with Crippen molar-refractivity contribution in [2.75, 3.05) is 13.2 Å². The fraction of sp³-hybridized carbons (Fsp3) is 1.00. The molecule has 0 bridgehead atoms. The molecule has 0 saturated carbocycles. The van der Waals surface area contributed by atoms with Crippen molar-refractivity contribution in [1.82, 2.24) is 0 Å². The van der Waals surface area contributed by atoms with Crippen LogP contribution in [-0.4, -0.2) is 13.2 Å². The lowest BCUT2D eigenvalue weighted by molar-refractivity contribution is 0.135. The molecule has 0 aliphatic heterocycles. The van der Waals surface area contributed by atoms with Crippen molar-refractivity contribution in [2.45, 2.75) is 41.5 Å². The molecule has 0 heterocycles. The van der Waals surface area contributed by atoms with Crippen LogP contribution < -0.4 is 0 Å². The highest BCUT2D eigenvalue weighted by molar-refractivity contribution is 15.0. The van der Waals surface area contributed by atoms with E-state index in [2.05, 4.69) is 51.1 Å². The van der Waals surface area contributed by atoms with E-state index in [1.165, 1.54) is 0 Å². The molecule has 0 aliphatic rings. The predicted octanol–water partition coefficient (Wildman–Crippen LogP) is 4.87. The zero-order valence-corrected chi connectivity index (χ0v) is 10.3. The van der Waals surface area contributed by atoms with Crippen molar-refractivity contribution in [2.24, 2.45) is 0 Å². The van der Waals surface area contributed by atoms with Gasteiger partial charge in [-0.2, -0.15) is 0 Å². The van der Waals surface area contributed by atoms with E-state index in [4.69, 9.17) is 4.74 Å². The molecule has 0 unspecified atom stereocenters. The van der Waals surface area contributed by atoms with Crippen LogP contribution in [0, 0.1) is 0 Å². The van der Waals surface area contributed by atoms with E-state index in [0.717, 1.165) is 26.1 Å². The van der Waals surface area contributed by atoms with Crippen molar-refractivity contribution in [1.29, 1.82) is 0 Å². The second-order valence-electron chi connectivity index (χ2n) is 1.61. The summed E-state index contributed by atoms with van der Waals surface area (Å²) in [5.41, 5.74) is 0. The third-order valence-corrected chi connectivity index (χ3v) is 0.697. The van der Waals surface area contributed by atoms with Crippen LogP contribution in [0.1, 0.15) is 41.5 Å². The molecule has 0 aromatic carbocycles. The van der Waals surface area contributed by atoms with E-state index in [0.29, 0.717) is 0 Å². The van der Waals surface area contributed by atoms with Gasteiger partial charge in [-0.05, 0) is 12.8 Å². The third-order valence-electron chi connectivity index (χ3n) is 0.697. The van der Waals surface area contributed by atoms with Crippen molar-refractivity contribution in [3.8, 4) is 0 Å². The van der Waals surface area contributed by atoms with Crippen LogP contribution in [0.25, 0.3) is 0 Å². The molecule has 0 saturated heterocycles. The predicted molar refractivity (Wildman–Crippen MR) is 72.9 cm³/mol. The maximum Gasteiger partial charge on any atom is 0.0463 e. The Hall–Kier alpha value is 1.42. The summed E-state index contributed by atoms with van der Waals surface area (Å²) in [5, 5.41) is 0. The Morgan fingerprint density at radius 2 is 1.18 bits per heavy atom. The van der Waals surface area contributed by atoms with Gasteiger partial charge in [0.2, 0.25) is 0 Å². The molecule has 0 atom stereocenters. The zero-order chi connectivity index (χ0) is 7.54. The number of hydrogen-bond acceptors (Lipinski definition) is 1. The van der Waals surface area contributed by atoms with E-state index in [-0.39, 0.29) is 14.9 Å². The van der Waals surface area contributed by atoms with Gasteiger partial charge >= 0.3 is 0 Å². The van der Waals surface area contributed by atoms with Crippen molar-refractivity contribution < 1.29 is 4.74 Å². The van der Waals surface area contributed by atoms with Crippen molar-refractivity contribution in [3.05, 3.63) is 0 Å². The van der Waals surface area contributed by atoms with Crippen LogP contribution in [0.15, 0.2) is 0 Å². The van der Waals surface area contributed by atoms with Crippen LogP contribution in [0.5, 0.6) is 0 Å². The third kappa shape index (κ3) is 34.5. The van der Waals surface area contributed by atoms with Gasteiger partial charge in [0.15, 0.2) is 0 Å². The highest BCUT2D eigenvalue weighted by Crippen LogP contribution is 1.89. The van der Waals surface area contributed by atoms with Gasteiger partial charge < -0.3 is 4.74 Å². The van der Waals surface area contributed by atoms with E-state index in [1.807, 2.05) is 0 Å². The molecular formula is C8H22I2O. The van der Waals surface area contributed by atoms with E-state index in [1.54, 1.807) is 0 Å². The molecule has 1 nitrogen and oxygen atoms in total. The normalized spacial score (nSPS) is 6.55. The smallest absolute Gasteiger partial charge is 0.0463 e. The minimum atomic E-state index is 0. The lowest BCUT2D eigenvalue weighted by Crippen LogP contribution is -1.92. The second-order valence-corrected chi connectivity index (χ2v) is 1.61. The number of ether oxygens (including phenoxy) is 1. The molecule has 0 aliphatic carbocycles. The first kappa shape index (κ1) is 22.8. The fourth-order valence-electron chi connectivity index (χ4n) is 0.391. The van der Waals surface area contributed by atoms with Crippen LogP contribution in [0.3, 0.4) is 0 Å². The topological polar surface area (TPSA) is 9.23 Å². The molecule has 0 radical (unpaired) electrons. The van der Waals surface area contributed by atoms with Gasteiger partial charge in [0.1, 0.15) is 0 Å². The van der Waals surface area contributed by atoms with E-state index < -0.39 is 0 Å². The van der Waals surface area contributed by atoms with Crippen LogP contribution in [-0.2, 0) is 4.74 Å². The molecule has 0 rings (SSSR count). The average molecular weight is 388 g/mol. The summed E-state index contributed by atoms with van der Waals surface area (Å²) < 4.78 is 5.13. The maximum atomic E-state index is 5.13. The molecule has 0 spiro atoms. The standard InChI is InChI=1S/C6H14O.2CH4.I2/c1-3-5-7-6-4-2;;;1-2/h3-6H2,1-2H3;2*1H4;. The Labute approximate surface area is 96.0 Å². The summed E-state index contributed by atoms with van der Waals surface area (Å²) in [7, 11) is 0. The molecule has 0 fully saturated rings. The Kier molecular flexibility index (Phi) is 62.5. The molecule has 74 valence electrons. The zero-order valence-electron chi connectivity index (χ0n) is 5.99. The second kappa shape index (κ2) is 30.1. The van der Waals surface area contributed by atoms with Gasteiger partial charge in [-0.1, -0.05) is 28.7 Å². The molecule has 0 aromatic heterocycles. The molecule has 11 heavy (non-hydrogen) atoms. The summed E-state index contributed by atoms with van der Waals surface area (Å²) in [4.78, 5) is 0. The SMILES string of the molecule is C.C.CCCOCCC.II. The first-order chi connectivity index (χ1) is 4.41. The molecule has 0 aromatic rings. The molecule has 0 N–H and O–H groups in total. The Balaban J connectivity index is -0.0000000564. The Bertz CT molecular complexity index is 31.3. The van der Waals surface area contributed by atoms with Crippen LogP contribution in [0.2, 0.25) is 0 Å². The van der Waals surface area contributed by atoms with Gasteiger partial charge in [0.05, 0.1) is 0 Å². The van der Waals surface area contributed by atoms with E-state index in [9.17, 15) is 0 Å². The lowest BCUT2D eigenvalue weighted by Gasteiger charge is -1.95. The van der Waals surface area contributed by atoms with Gasteiger partial charge in [-0.15, -0.1) is 0 Å². The maximum absolute atomic E-state index is 5.13. The number of rotatable bonds is 4. The minimum absolute atomic E-state index is 0. The lowest BCUT2D eigenvalue weighted by atomic mass is 10.5. The Morgan fingerprint density at radius 3 is 1.36 bits per heavy atom. The van der Waals surface area contributed by atoms with Gasteiger partial charge in [-0.25, -0.2) is 0 Å². The fourth-order valence-corrected chi connectivity index (χ4v) is 0.391. The summed E-state index contributed by atoms with van der Waals surface area (Å²) in [6.45, 7) is 6.09. The first-order valence-electron chi connectivity index (χ1n) is 3.13. The largest absolute Gasteiger partial charge is 0.381 e. The number of hydrogen-bond donors (Lipinski definition) is 0. The highest BCUT2D eigenvalue weighted by Gasteiger charge is 1.77. The van der Waals surface area contributed by atoms with Crippen LogP contribution >= 0.6 is 37.2 Å². The summed E-state index contributed by atoms with van der Waals surface area (Å²) >= 11 is 4.24. The van der Waals surface area contributed by atoms with Gasteiger partial charge in [0.25, 0.3) is 0 Å². The van der Waals surface area contributed by atoms with Crippen molar-refractivity contribution >= 4 is 37.2 Å². The minimum Gasteiger partial charge on any atom is -0.381 e. The average Bonchev–Trinajstić information content (AvgIpc) is 1.94. The van der Waals surface area contributed by atoms with Gasteiger partial charge in [-0.3, -0.25) is 0 Å². The summed E-state index contributed by atoms with van der Waals surface area (Å²) in [5.74, 6) is 0. The monoisotopic (exact) mass is 388 g/mol. The highest BCUT2D eigenvalue weighted by atomic mass is 128. The van der Waals surface area contributed by atoms with E-state index >= 15 is 0 Å². The molecule has 3 heteroatoms. The van der Waals surface area contributed by atoms with Gasteiger partial charge in [0, 0.05) is 50.4 Å². The molecule has 0 amide bonds. The summed E-state index contributed by atoms with van der Waals surface area (Å²) in [6.07, 6.45) is 2.28. The summed E-state index contributed by atoms with van der Waals surface area (Å²) in [6, 6.07) is 0.